The van der Waals surface area contributed by atoms with Gasteiger partial charge in [-0.25, -0.2) is 4.39 Å². The summed E-state index contributed by atoms with van der Waals surface area (Å²) in [6.45, 7) is 1.84. The molecule has 3 atom stereocenters. The van der Waals surface area contributed by atoms with Crippen molar-refractivity contribution in [2.75, 3.05) is 0 Å². The monoisotopic (exact) mass is 160 g/mol. The minimum absolute atomic E-state index is 0.0469. The Kier molecular flexibility index (Phi) is 2.47. The van der Waals surface area contributed by atoms with E-state index in [0.717, 1.165) is 0 Å². The number of carbonyl (C=O) groups is 1. The van der Waals surface area contributed by atoms with Gasteiger partial charge in [0.15, 0.2) is 0 Å². The summed E-state index contributed by atoms with van der Waals surface area (Å²) in [7, 11) is 0. The lowest BCUT2D eigenvalue weighted by Gasteiger charge is -2.26. The second-order valence-electron chi connectivity index (χ2n) is 3.34. The first-order valence-corrected chi connectivity index (χ1v) is 3.98. The molecule has 64 valence electrons. The molecule has 1 aliphatic rings. The first-order chi connectivity index (χ1) is 5.11. The van der Waals surface area contributed by atoms with Crippen molar-refractivity contribution in [3.63, 3.8) is 0 Å². The Bertz CT molecular complexity index is 158. The molecule has 3 heteroatoms. The Morgan fingerprint density at radius 3 is 2.64 bits per heavy atom. The lowest BCUT2D eigenvalue weighted by Crippen LogP contribution is -2.28. The summed E-state index contributed by atoms with van der Waals surface area (Å²) in [5.74, 6) is -1.24. The van der Waals surface area contributed by atoms with Gasteiger partial charge in [-0.2, -0.15) is 0 Å². The van der Waals surface area contributed by atoms with Gasteiger partial charge in [0.1, 0.15) is 6.17 Å². The molecule has 1 N–H and O–H groups in total. The minimum Gasteiger partial charge on any atom is -0.481 e. The molecular weight excluding hydrogens is 147 g/mol. The van der Waals surface area contributed by atoms with Gasteiger partial charge < -0.3 is 5.11 Å². The van der Waals surface area contributed by atoms with E-state index in [9.17, 15) is 9.18 Å². The smallest absolute Gasteiger partial charge is 0.306 e. The van der Waals surface area contributed by atoms with Crippen molar-refractivity contribution in [2.45, 2.75) is 32.4 Å². The highest BCUT2D eigenvalue weighted by molar-refractivity contribution is 5.70. The van der Waals surface area contributed by atoms with E-state index < -0.39 is 18.1 Å². The lowest BCUT2D eigenvalue weighted by molar-refractivity contribution is -0.144. The molecule has 0 aromatic heterocycles. The fourth-order valence-corrected chi connectivity index (χ4v) is 1.49. The fourth-order valence-electron chi connectivity index (χ4n) is 1.49. The molecule has 0 radical (unpaired) electrons. The Labute approximate surface area is 65.4 Å². The van der Waals surface area contributed by atoms with E-state index in [1.165, 1.54) is 0 Å². The van der Waals surface area contributed by atoms with E-state index in [4.69, 9.17) is 5.11 Å². The Morgan fingerprint density at radius 2 is 2.18 bits per heavy atom. The number of alkyl halides is 1. The van der Waals surface area contributed by atoms with E-state index in [2.05, 4.69) is 0 Å². The topological polar surface area (TPSA) is 37.3 Å². The molecule has 0 amide bonds. The van der Waals surface area contributed by atoms with E-state index in [-0.39, 0.29) is 12.3 Å². The van der Waals surface area contributed by atoms with E-state index >= 15 is 0 Å². The normalized spacial score (nSPS) is 38.5. The number of hydrogen-bond acceptors (Lipinski definition) is 1. The van der Waals surface area contributed by atoms with Crippen LogP contribution in [0.2, 0.25) is 0 Å². The SMILES string of the molecule is C[C@H]1CC[C@H](C(=O)O)CC1F. The van der Waals surface area contributed by atoms with Gasteiger partial charge in [0.2, 0.25) is 0 Å². The van der Waals surface area contributed by atoms with Gasteiger partial charge in [0.25, 0.3) is 0 Å². The van der Waals surface area contributed by atoms with E-state index in [1.807, 2.05) is 6.92 Å². The summed E-state index contributed by atoms with van der Waals surface area (Å²) < 4.78 is 12.9. The largest absolute Gasteiger partial charge is 0.481 e. The van der Waals surface area contributed by atoms with Gasteiger partial charge in [0.05, 0.1) is 5.92 Å². The second-order valence-corrected chi connectivity index (χ2v) is 3.34. The maximum Gasteiger partial charge on any atom is 0.306 e. The molecule has 11 heavy (non-hydrogen) atoms. The van der Waals surface area contributed by atoms with E-state index in [0.29, 0.717) is 12.8 Å². The predicted molar refractivity (Wildman–Crippen MR) is 39.0 cm³/mol. The van der Waals surface area contributed by atoms with Crippen molar-refractivity contribution in [1.29, 1.82) is 0 Å². The van der Waals surface area contributed by atoms with Crippen LogP contribution in [0.3, 0.4) is 0 Å². The number of halogens is 1. The highest BCUT2D eigenvalue weighted by Gasteiger charge is 2.31. The van der Waals surface area contributed by atoms with Gasteiger partial charge in [-0.05, 0) is 25.2 Å². The van der Waals surface area contributed by atoms with Crippen molar-refractivity contribution in [3.05, 3.63) is 0 Å². The quantitative estimate of drug-likeness (QED) is 0.635. The number of hydrogen-bond donors (Lipinski definition) is 1. The van der Waals surface area contributed by atoms with Crippen molar-refractivity contribution < 1.29 is 14.3 Å². The van der Waals surface area contributed by atoms with Crippen molar-refractivity contribution >= 4 is 5.97 Å². The number of carboxylic acid groups (broad SMARTS) is 1. The summed E-state index contributed by atoms with van der Waals surface area (Å²) in [6.07, 6.45) is 0.635. The molecule has 0 aliphatic heterocycles. The summed E-state index contributed by atoms with van der Waals surface area (Å²) in [5.41, 5.74) is 0. The summed E-state index contributed by atoms with van der Waals surface area (Å²) >= 11 is 0. The molecule has 1 fully saturated rings. The van der Waals surface area contributed by atoms with Gasteiger partial charge in [-0.1, -0.05) is 6.92 Å². The molecule has 1 rings (SSSR count). The zero-order valence-corrected chi connectivity index (χ0v) is 6.59. The van der Waals surface area contributed by atoms with Crippen molar-refractivity contribution in [1.82, 2.24) is 0 Å². The van der Waals surface area contributed by atoms with Gasteiger partial charge in [-0.15, -0.1) is 0 Å². The van der Waals surface area contributed by atoms with E-state index in [1.54, 1.807) is 0 Å². The predicted octanol–water partition coefficient (Wildman–Crippen LogP) is 1.85. The summed E-state index contributed by atoms with van der Waals surface area (Å²) in [4.78, 5) is 10.4. The molecule has 0 heterocycles. The third kappa shape index (κ3) is 1.91. The maximum atomic E-state index is 12.9. The van der Waals surface area contributed by atoms with Gasteiger partial charge >= 0.3 is 5.97 Å². The molecular formula is C8H13FO2. The van der Waals surface area contributed by atoms with Crippen LogP contribution in [0.4, 0.5) is 4.39 Å². The van der Waals surface area contributed by atoms with Crippen LogP contribution in [-0.2, 0) is 4.79 Å². The molecule has 1 unspecified atom stereocenters. The first kappa shape index (κ1) is 8.50. The molecule has 1 aliphatic carbocycles. The molecule has 0 aromatic rings. The van der Waals surface area contributed by atoms with Gasteiger partial charge in [0, 0.05) is 0 Å². The number of carboxylic acids is 1. The van der Waals surface area contributed by atoms with Crippen LogP contribution >= 0.6 is 0 Å². The Hall–Kier alpha value is -0.600. The molecule has 0 saturated heterocycles. The fraction of sp³-hybridized carbons (Fsp3) is 0.875. The Morgan fingerprint density at radius 1 is 1.55 bits per heavy atom. The molecule has 2 nitrogen and oxygen atoms in total. The maximum absolute atomic E-state index is 12.9. The van der Waals surface area contributed by atoms with Crippen LogP contribution in [0.5, 0.6) is 0 Å². The third-order valence-electron chi connectivity index (χ3n) is 2.45. The van der Waals surface area contributed by atoms with Crippen LogP contribution in [0.15, 0.2) is 0 Å². The summed E-state index contributed by atoms with van der Waals surface area (Å²) in [5, 5.41) is 8.58. The average Bonchev–Trinajstić information content (AvgIpc) is 1.94. The summed E-state index contributed by atoms with van der Waals surface area (Å²) in [6, 6.07) is 0. The first-order valence-electron chi connectivity index (χ1n) is 3.98. The standard InChI is InChI=1S/C8H13FO2/c1-5-2-3-6(8(10)11)4-7(5)9/h5-7H,2-4H2,1H3,(H,10,11)/t5-,6-,7?/m0/s1. The second kappa shape index (κ2) is 3.20. The van der Waals surface area contributed by atoms with Crippen LogP contribution in [0.25, 0.3) is 0 Å². The van der Waals surface area contributed by atoms with Crippen molar-refractivity contribution in [3.8, 4) is 0 Å². The highest BCUT2D eigenvalue weighted by atomic mass is 19.1. The minimum atomic E-state index is -0.912. The number of rotatable bonds is 1. The molecule has 0 aromatic carbocycles. The third-order valence-corrected chi connectivity index (χ3v) is 2.45. The van der Waals surface area contributed by atoms with Crippen LogP contribution in [-0.4, -0.2) is 17.2 Å². The highest BCUT2D eigenvalue weighted by Crippen LogP contribution is 2.30. The zero-order chi connectivity index (χ0) is 8.43. The molecule has 1 saturated carbocycles. The van der Waals surface area contributed by atoms with Crippen molar-refractivity contribution in [2.24, 2.45) is 11.8 Å². The molecule has 0 spiro atoms. The van der Waals surface area contributed by atoms with Crippen LogP contribution in [0.1, 0.15) is 26.2 Å². The lowest BCUT2D eigenvalue weighted by atomic mass is 9.82. The Balaban J connectivity index is 2.46. The number of aliphatic carboxylic acids is 1. The molecule has 0 bridgehead atoms. The average molecular weight is 160 g/mol. The van der Waals surface area contributed by atoms with Crippen LogP contribution in [0, 0.1) is 11.8 Å². The zero-order valence-electron chi connectivity index (χ0n) is 6.59. The van der Waals surface area contributed by atoms with Gasteiger partial charge in [-0.3, -0.25) is 4.79 Å². The van der Waals surface area contributed by atoms with Crippen LogP contribution < -0.4 is 0 Å².